The van der Waals surface area contributed by atoms with Crippen LogP contribution in [0.5, 0.6) is 5.88 Å². The van der Waals surface area contributed by atoms with Crippen molar-refractivity contribution in [2.45, 2.75) is 6.54 Å². The molecule has 3 aromatic rings. The summed E-state index contributed by atoms with van der Waals surface area (Å²) in [4.78, 5) is 33.3. The van der Waals surface area contributed by atoms with Gasteiger partial charge in [0.15, 0.2) is 0 Å². The van der Waals surface area contributed by atoms with Crippen molar-refractivity contribution in [3.8, 4) is 5.88 Å². The fourth-order valence-corrected chi connectivity index (χ4v) is 2.55. The van der Waals surface area contributed by atoms with Crippen molar-refractivity contribution in [3.63, 3.8) is 0 Å². The number of carbonyl (C=O) groups is 2. The lowest BCUT2D eigenvalue weighted by Crippen LogP contribution is -2.22. The molecule has 0 atom stereocenters. The van der Waals surface area contributed by atoms with Crippen LogP contribution in [0, 0.1) is 0 Å². The van der Waals surface area contributed by atoms with E-state index in [1.165, 1.54) is 13.3 Å². The highest BCUT2D eigenvalue weighted by molar-refractivity contribution is 6.48. The topological polar surface area (TPSA) is 95.3 Å². The second kappa shape index (κ2) is 7.75. The molecule has 26 heavy (non-hydrogen) atoms. The highest BCUT2D eigenvalue weighted by Gasteiger charge is 2.22. The van der Waals surface area contributed by atoms with Gasteiger partial charge in [-0.05, 0) is 18.2 Å². The number of hydrogen-bond donors (Lipinski definition) is 1. The van der Waals surface area contributed by atoms with Crippen LogP contribution in [-0.2, 0) is 16.1 Å². The minimum atomic E-state index is -0.744. The summed E-state index contributed by atoms with van der Waals surface area (Å²) in [5.74, 6) is -0.969. The van der Waals surface area contributed by atoms with Crippen LogP contribution in [0.4, 0.5) is 5.69 Å². The van der Waals surface area contributed by atoms with E-state index in [4.69, 9.17) is 9.47 Å². The fourth-order valence-electron chi connectivity index (χ4n) is 2.55. The lowest BCUT2D eigenvalue weighted by Gasteiger charge is -2.04. The molecule has 1 N–H and O–H groups in total. The minimum Gasteiger partial charge on any atom is -0.481 e. The molecule has 134 valence electrons. The SMILES string of the molecule is COCCn1cc(C(=O)C(=O)Nc2ccc(OC)nc2)c2cccnc21. The molecular formula is C18H18N4O4. The van der Waals surface area contributed by atoms with Crippen LogP contribution in [0.1, 0.15) is 10.4 Å². The van der Waals surface area contributed by atoms with Crippen molar-refractivity contribution in [1.82, 2.24) is 14.5 Å². The lowest BCUT2D eigenvalue weighted by molar-refractivity contribution is -0.112. The summed E-state index contributed by atoms with van der Waals surface area (Å²) >= 11 is 0. The fraction of sp³-hybridized carbons (Fsp3) is 0.222. The van der Waals surface area contributed by atoms with Gasteiger partial charge in [0.1, 0.15) is 5.65 Å². The van der Waals surface area contributed by atoms with Gasteiger partial charge >= 0.3 is 0 Å². The molecule has 0 aliphatic carbocycles. The average molecular weight is 354 g/mol. The van der Waals surface area contributed by atoms with Gasteiger partial charge in [0.25, 0.3) is 11.7 Å². The maximum atomic E-state index is 12.6. The van der Waals surface area contributed by atoms with Crippen molar-refractivity contribution < 1.29 is 19.1 Å². The van der Waals surface area contributed by atoms with Gasteiger partial charge in [-0.3, -0.25) is 9.59 Å². The van der Waals surface area contributed by atoms with Crippen LogP contribution < -0.4 is 10.1 Å². The number of pyridine rings is 2. The Hall–Kier alpha value is -3.26. The molecule has 0 spiro atoms. The molecule has 0 aromatic carbocycles. The summed E-state index contributed by atoms with van der Waals surface area (Å²) in [6.45, 7) is 0.999. The summed E-state index contributed by atoms with van der Waals surface area (Å²) in [6, 6.07) is 6.70. The highest BCUT2D eigenvalue weighted by atomic mass is 16.5. The molecule has 0 saturated heterocycles. The molecule has 3 aromatic heterocycles. The van der Waals surface area contributed by atoms with Crippen LogP contribution in [0.2, 0.25) is 0 Å². The quantitative estimate of drug-likeness (QED) is 0.514. The number of ketones is 1. The van der Waals surface area contributed by atoms with Crippen molar-refractivity contribution in [2.75, 3.05) is 26.1 Å². The third-order valence-electron chi connectivity index (χ3n) is 3.82. The average Bonchev–Trinajstić information content (AvgIpc) is 3.05. The summed E-state index contributed by atoms with van der Waals surface area (Å²) in [5.41, 5.74) is 1.33. The van der Waals surface area contributed by atoms with Gasteiger partial charge in [-0.1, -0.05) is 0 Å². The molecule has 3 rings (SSSR count). The minimum absolute atomic E-state index is 0.295. The van der Waals surface area contributed by atoms with Gasteiger partial charge in [-0.2, -0.15) is 0 Å². The third kappa shape index (κ3) is 3.55. The highest BCUT2D eigenvalue weighted by Crippen LogP contribution is 2.21. The molecule has 3 heterocycles. The number of hydrogen-bond acceptors (Lipinski definition) is 6. The second-order valence-electron chi connectivity index (χ2n) is 5.48. The maximum absolute atomic E-state index is 12.6. The van der Waals surface area contributed by atoms with E-state index in [0.717, 1.165) is 0 Å². The Morgan fingerprint density at radius 1 is 1.19 bits per heavy atom. The van der Waals surface area contributed by atoms with Gasteiger partial charge in [-0.15, -0.1) is 0 Å². The van der Waals surface area contributed by atoms with Crippen LogP contribution >= 0.6 is 0 Å². The molecule has 8 nitrogen and oxygen atoms in total. The zero-order chi connectivity index (χ0) is 18.5. The van der Waals surface area contributed by atoms with Crippen LogP contribution in [-0.4, -0.2) is 47.1 Å². The number of aromatic nitrogens is 3. The number of anilines is 1. The monoisotopic (exact) mass is 354 g/mol. The Balaban J connectivity index is 1.85. The first-order valence-corrected chi connectivity index (χ1v) is 7.92. The standard InChI is InChI=1S/C18H18N4O4/c1-25-9-8-22-11-14(13-4-3-7-19-17(13)22)16(23)18(24)21-12-5-6-15(26-2)20-10-12/h3-7,10-11H,8-9H2,1-2H3,(H,21,24). The van der Waals surface area contributed by atoms with Crippen molar-refractivity contribution in [3.05, 3.63) is 48.4 Å². The first-order valence-electron chi connectivity index (χ1n) is 7.92. The number of amides is 1. The number of methoxy groups -OCH3 is 2. The Morgan fingerprint density at radius 2 is 2.04 bits per heavy atom. The van der Waals surface area contributed by atoms with Crippen molar-refractivity contribution >= 4 is 28.4 Å². The van der Waals surface area contributed by atoms with E-state index in [-0.39, 0.29) is 0 Å². The number of carbonyl (C=O) groups excluding carboxylic acids is 2. The molecule has 0 aliphatic heterocycles. The van der Waals surface area contributed by atoms with E-state index in [1.54, 1.807) is 48.3 Å². The first-order chi connectivity index (χ1) is 12.6. The third-order valence-corrected chi connectivity index (χ3v) is 3.82. The van der Waals surface area contributed by atoms with Crippen LogP contribution in [0.3, 0.4) is 0 Å². The van der Waals surface area contributed by atoms with E-state index in [2.05, 4.69) is 15.3 Å². The normalized spacial score (nSPS) is 10.7. The lowest BCUT2D eigenvalue weighted by atomic mass is 10.1. The second-order valence-corrected chi connectivity index (χ2v) is 5.48. The maximum Gasteiger partial charge on any atom is 0.296 e. The number of rotatable bonds is 7. The predicted octanol–water partition coefficient (Wildman–Crippen LogP) is 1.91. The van der Waals surface area contributed by atoms with E-state index in [0.29, 0.717) is 41.3 Å². The first kappa shape index (κ1) is 17.6. The predicted molar refractivity (Wildman–Crippen MR) is 95.4 cm³/mol. The molecule has 0 unspecified atom stereocenters. The summed E-state index contributed by atoms with van der Waals surface area (Å²) in [6.07, 6.45) is 4.70. The Bertz CT molecular complexity index is 934. The molecule has 0 saturated carbocycles. The largest absolute Gasteiger partial charge is 0.481 e. The molecule has 0 radical (unpaired) electrons. The summed E-state index contributed by atoms with van der Waals surface area (Å²) < 4.78 is 11.8. The molecule has 0 aliphatic rings. The molecule has 0 bridgehead atoms. The molecule has 8 heteroatoms. The van der Waals surface area contributed by atoms with Crippen LogP contribution in [0.25, 0.3) is 11.0 Å². The van der Waals surface area contributed by atoms with E-state index in [1.807, 2.05) is 0 Å². The zero-order valence-corrected chi connectivity index (χ0v) is 14.4. The van der Waals surface area contributed by atoms with Gasteiger partial charge in [0, 0.05) is 37.5 Å². The van der Waals surface area contributed by atoms with Gasteiger partial charge in [0.2, 0.25) is 5.88 Å². The smallest absolute Gasteiger partial charge is 0.296 e. The zero-order valence-electron chi connectivity index (χ0n) is 14.4. The number of nitrogens with zero attached hydrogens (tertiary/aromatic N) is 3. The molecular weight excluding hydrogens is 336 g/mol. The molecule has 0 fully saturated rings. The number of Topliss-reactive ketones (excluding diaryl/α,β-unsaturated/α-hetero) is 1. The number of nitrogens with one attached hydrogen (secondary N) is 1. The van der Waals surface area contributed by atoms with E-state index >= 15 is 0 Å². The van der Waals surface area contributed by atoms with Crippen molar-refractivity contribution in [1.29, 1.82) is 0 Å². The Morgan fingerprint density at radius 3 is 2.73 bits per heavy atom. The number of ether oxygens (including phenoxy) is 2. The van der Waals surface area contributed by atoms with Gasteiger partial charge < -0.3 is 19.4 Å². The Labute approximate surface area is 149 Å². The van der Waals surface area contributed by atoms with Gasteiger partial charge in [-0.25, -0.2) is 9.97 Å². The van der Waals surface area contributed by atoms with Crippen LogP contribution in [0.15, 0.2) is 42.9 Å². The molecule has 1 amide bonds. The number of fused-ring (bicyclic) bond motifs is 1. The van der Waals surface area contributed by atoms with Gasteiger partial charge in [0.05, 0.1) is 31.2 Å². The summed E-state index contributed by atoms with van der Waals surface area (Å²) in [5, 5.41) is 3.17. The van der Waals surface area contributed by atoms with E-state index < -0.39 is 11.7 Å². The Kier molecular flexibility index (Phi) is 5.23. The van der Waals surface area contributed by atoms with Crippen molar-refractivity contribution in [2.24, 2.45) is 0 Å². The van der Waals surface area contributed by atoms with E-state index in [9.17, 15) is 9.59 Å². The summed E-state index contributed by atoms with van der Waals surface area (Å²) in [7, 11) is 3.10.